The third-order valence-corrected chi connectivity index (χ3v) is 2.81. The normalized spacial score (nSPS) is 25.2. The lowest BCUT2D eigenvalue weighted by Gasteiger charge is -2.23. The van der Waals surface area contributed by atoms with E-state index in [9.17, 15) is 4.79 Å². The number of hydrogen-bond donors (Lipinski definition) is 2. The molecule has 1 saturated heterocycles. The van der Waals surface area contributed by atoms with Gasteiger partial charge >= 0.3 is 0 Å². The Morgan fingerprint density at radius 2 is 2.43 bits per heavy atom. The lowest BCUT2D eigenvalue weighted by molar-refractivity contribution is -0.121. The summed E-state index contributed by atoms with van der Waals surface area (Å²) in [5.74, 6) is 0.884. The fourth-order valence-electron chi connectivity index (χ4n) is 1.49. The van der Waals surface area contributed by atoms with Crippen LogP contribution in [-0.4, -0.2) is 36.6 Å². The number of carbonyl (C=O) groups is 1. The molecular formula is C10H21N3O. The maximum atomic E-state index is 11.2. The number of Topliss-reactive ketones (excluding diaryl/α,β-unsaturated/α-hetero) is 1. The zero-order chi connectivity index (χ0) is 10.6. The predicted molar refractivity (Wildman–Crippen MR) is 56.6 cm³/mol. The van der Waals surface area contributed by atoms with Crippen molar-refractivity contribution in [3.05, 3.63) is 0 Å². The maximum Gasteiger partial charge on any atom is 0.149 e. The SMILES string of the molecule is CCC(C)CNN1CNCC1C(C)=O. The number of hydrogen-bond acceptors (Lipinski definition) is 4. The molecular weight excluding hydrogens is 178 g/mol. The number of ketones is 1. The van der Waals surface area contributed by atoms with Gasteiger partial charge < -0.3 is 5.32 Å². The van der Waals surface area contributed by atoms with Crippen LogP contribution in [0.4, 0.5) is 0 Å². The zero-order valence-electron chi connectivity index (χ0n) is 9.34. The molecule has 4 nitrogen and oxygen atoms in total. The van der Waals surface area contributed by atoms with Crippen molar-refractivity contribution >= 4 is 5.78 Å². The molecule has 0 aromatic carbocycles. The monoisotopic (exact) mass is 199 g/mol. The van der Waals surface area contributed by atoms with Crippen LogP contribution in [0.3, 0.4) is 0 Å². The van der Waals surface area contributed by atoms with E-state index in [-0.39, 0.29) is 11.8 Å². The van der Waals surface area contributed by atoms with Crippen molar-refractivity contribution in [2.24, 2.45) is 5.92 Å². The smallest absolute Gasteiger partial charge is 0.149 e. The van der Waals surface area contributed by atoms with Gasteiger partial charge in [0.25, 0.3) is 0 Å². The number of nitrogens with one attached hydrogen (secondary N) is 2. The van der Waals surface area contributed by atoms with E-state index in [1.165, 1.54) is 6.42 Å². The summed E-state index contributed by atoms with van der Waals surface area (Å²) in [5.41, 5.74) is 3.31. The molecule has 0 amide bonds. The van der Waals surface area contributed by atoms with Crippen LogP contribution in [0, 0.1) is 5.92 Å². The van der Waals surface area contributed by atoms with Crippen molar-refractivity contribution in [3.8, 4) is 0 Å². The molecule has 1 heterocycles. The second-order valence-corrected chi connectivity index (χ2v) is 4.08. The van der Waals surface area contributed by atoms with E-state index in [0.29, 0.717) is 5.92 Å². The zero-order valence-corrected chi connectivity index (χ0v) is 9.34. The van der Waals surface area contributed by atoms with Crippen LogP contribution in [0.15, 0.2) is 0 Å². The maximum absolute atomic E-state index is 11.2. The van der Waals surface area contributed by atoms with Crippen LogP contribution in [0.1, 0.15) is 27.2 Å². The van der Waals surface area contributed by atoms with Crippen LogP contribution in [0.2, 0.25) is 0 Å². The molecule has 0 aromatic heterocycles. The van der Waals surface area contributed by atoms with Gasteiger partial charge in [0.15, 0.2) is 0 Å². The molecule has 0 spiro atoms. The second-order valence-electron chi connectivity index (χ2n) is 4.08. The summed E-state index contributed by atoms with van der Waals surface area (Å²) >= 11 is 0. The molecule has 1 aliphatic heterocycles. The van der Waals surface area contributed by atoms with Crippen LogP contribution in [0.25, 0.3) is 0 Å². The summed E-state index contributed by atoms with van der Waals surface area (Å²) in [6, 6.07) is 0.0130. The Hall–Kier alpha value is -0.450. The quantitative estimate of drug-likeness (QED) is 0.671. The molecule has 2 unspecified atom stereocenters. The average Bonchev–Trinajstić information content (AvgIpc) is 2.62. The van der Waals surface area contributed by atoms with Gasteiger partial charge in [0.1, 0.15) is 5.78 Å². The molecule has 0 radical (unpaired) electrons. The Morgan fingerprint density at radius 1 is 1.71 bits per heavy atom. The highest BCUT2D eigenvalue weighted by molar-refractivity contribution is 5.81. The number of rotatable bonds is 5. The van der Waals surface area contributed by atoms with Gasteiger partial charge in [-0.2, -0.15) is 0 Å². The molecule has 82 valence electrons. The van der Waals surface area contributed by atoms with Gasteiger partial charge in [0, 0.05) is 13.1 Å². The molecule has 0 aliphatic carbocycles. The minimum atomic E-state index is 0.0130. The highest BCUT2D eigenvalue weighted by atomic mass is 16.1. The fourth-order valence-corrected chi connectivity index (χ4v) is 1.49. The predicted octanol–water partition coefficient (Wildman–Crippen LogP) is 0.357. The molecule has 1 aliphatic rings. The van der Waals surface area contributed by atoms with E-state index in [1.54, 1.807) is 6.92 Å². The summed E-state index contributed by atoms with van der Waals surface area (Å²) < 4.78 is 0. The van der Waals surface area contributed by atoms with Crippen LogP contribution in [0.5, 0.6) is 0 Å². The van der Waals surface area contributed by atoms with Crippen molar-refractivity contribution in [2.45, 2.75) is 33.2 Å². The minimum absolute atomic E-state index is 0.0130. The minimum Gasteiger partial charge on any atom is -0.301 e. The lowest BCUT2D eigenvalue weighted by atomic mass is 10.1. The molecule has 2 N–H and O–H groups in total. The van der Waals surface area contributed by atoms with E-state index in [0.717, 1.165) is 19.8 Å². The molecule has 2 atom stereocenters. The summed E-state index contributed by atoms with van der Waals surface area (Å²) in [6.07, 6.45) is 1.17. The third kappa shape index (κ3) is 3.04. The third-order valence-electron chi connectivity index (χ3n) is 2.81. The van der Waals surface area contributed by atoms with Gasteiger partial charge in [-0.05, 0) is 12.8 Å². The first-order chi connectivity index (χ1) is 6.65. The van der Waals surface area contributed by atoms with E-state index >= 15 is 0 Å². The molecule has 14 heavy (non-hydrogen) atoms. The standard InChI is InChI=1S/C10H21N3O/c1-4-8(2)5-12-13-7-11-6-10(13)9(3)14/h8,10-12H,4-7H2,1-3H3. The first-order valence-electron chi connectivity index (χ1n) is 5.36. The van der Waals surface area contributed by atoms with Gasteiger partial charge in [0.2, 0.25) is 0 Å². The van der Waals surface area contributed by atoms with Crippen LogP contribution in [-0.2, 0) is 4.79 Å². The molecule has 0 aromatic rings. The van der Waals surface area contributed by atoms with E-state index in [4.69, 9.17) is 0 Å². The largest absolute Gasteiger partial charge is 0.301 e. The highest BCUT2D eigenvalue weighted by Crippen LogP contribution is 2.04. The van der Waals surface area contributed by atoms with Crippen molar-refractivity contribution in [1.29, 1.82) is 0 Å². The van der Waals surface area contributed by atoms with E-state index < -0.39 is 0 Å². The molecule has 0 bridgehead atoms. The van der Waals surface area contributed by atoms with Gasteiger partial charge in [0.05, 0.1) is 12.7 Å². The molecule has 4 heteroatoms. The van der Waals surface area contributed by atoms with Crippen LogP contribution >= 0.6 is 0 Å². The summed E-state index contributed by atoms with van der Waals surface area (Å²) in [4.78, 5) is 11.2. The van der Waals surface area contributed by atoms with Gasteiger partial charge in [-0.25, -0.2) is 5.01 Å². The van der Waals surface area contributed by atoms with Gasteiger partial charge in [-0.1, -0.05) is 20.3 Å². The van der Waals surface area contributed by atoms with Gasteiger partial charge in [-0.3, -0.25) is 10.2 Å². The Morgan fingerprint density at radius 3 is 3.00 bits per heavy atom. The number of hydrazine groups is 1. The molecule has 1 fully saturated rings. The Balaban J connectivity index is 2.32. The summed E-state index contributed by atoms with van der Waals surface area (Å²) in [5, 5.41) is 5.20. The topological polar surface area (TPSA) is 44.4 Å². The van der Waals surface area contributed by atoms with E-state index in [2.05, 4.69) is 24.6 Å². The van der Waals surface area contributed by atoms with Crippen molar-refractivity contribution < 1.29 is 4.79 Å². The van der Waals surface area contributed by atoms with Crippen molar-refractivity contribution in [1.82, 2.24) is 15.8 Å². The number of nitrogens with zero attached hydrogens (tertiary/aromatic N) is 1. The van der Waals surface area contributed by atoms with E-state index in [1.807, 2.05) is 5.01 Å². The van der Waals surface area contributed by atoms with Crippen LogP contribution < -0.4 is 10.7 Å². The molecule has 1 rings (SSSR count). The Bertz CT molecular complexity index is 196. The lowest BCUT2D eigenvalue weighted by Crippen LogP contribution is -2.47. The first-order valence-corrected chi connectivity index (χ1v) is 5.36. The highest BCUT2D eigenvalue weighted by Gasteiger charge is 2.27. The van der Waals surface area contributed by atoms with Gasteiger partial charge in [-0.15, -0.1) is 0 Å². The molecule has 0 saturated carbocycles. The average molecular weight is 199 g/mol. The number of carbonyl (C=O) groups excluding carboxylic acids is 1. The first kappa shape index (κ1) is 11.6. The Labute approximate surface area is 86.0 Å². The van der Waals surface area contributed by atoms with Crippen molar-refractivity contribution in [2.75, 3.05) is 19.8 Å². The van der Waals surface area contributed by atoms with Crippen molar-refractivity contribution in [3.63, 3.8) is 0 Å². The second kappa shape index (κ2) is 5.44. The summed E-state index contributed by atoms with van der Waals surface area (Å²) in [7, 11) is 0. The summed E-state index contributed by atoms with van der Waals surface area (Å²) in [6.45, 7) is 8.51. The fraction of sp³-hybridized carbons (Fsp3) is 0.900. The Kier molecular flexibility index (Phi) is 4.51.